The highest BCUT2D eigenvalue weighted by atomic mass is 32.2. The predicted octanol–water partition coefficient (Wildman–Crippen LogP) is 0.583. The summed E-state index contributed by atoms with van der Waals surface area (Å²) in [6, 6.07) is -2.69. The van der Waals surface area contributed by atoms with E-state index < -0.39 is 30.0 Å². The number of rotatable bonds is 11. The zero-order valence-electron chi connectivity index (χ0n) is 18.7. The molecule has 2 saturated heterocycles. The van der Waals surface area contributed by atoms with E-state index in [9.17, 15) is 24.3 Å². The Kier molecular flexibility index (Phi) is 10.1. The fraction of sp³-hybridized carbons (Fsp3) is 0.810. The Hall–Kier alpha value is -1.81. The summed E-state index contributed by atoms with van der Waals surface area (Å²) in [5.41, 5.74) is 0. The topological polar surface area (TPSA) is 128 Å². The lowest BCUT2D eigenvalue weighted by Gasteiger charge is -2.29. The average molecular weight is 457 g/mol. The summed E-state index contributed by atoms with van der Waals surface area (Å²) < 4.78 is 0. The summed E-state index contributed by atoms with van der Waals surface area (Å²) >= 11 is 1.55. The summed E-state index contributed by atoms with van der Waals surface area (Å²) in [5.74, 6) is -1.16. The van der Waals surface area contributed by atoms with Crippen molar-refractivity contribution in [3.8, 4) is 0 Å². The summed E-state index contributed by atoms with van der Waals surface area (Å²) in [4.78, 5) is 51.7. The molecule has 10 heteroatoms. The van der Waals surface area contributed by atoms with Gasteiger partial charge in [0.2, 0.25) is 17.7 Å². The largest absolute Gasteiger partial charge is 0.480 e. The van der Waals surface area contributed by atoms with Crippen molar-refractivity contribution < 1.29 is 24.3 Å². The molecule has 2 rings (SSSR count). The fourth-order valence-corrected chi connectivity index (χ4v) is 4.61. The Morgan fingerprint density at radius 1 is 1.13 bits per heavy atom. The number of aliphatic carboxylic acids is 1. The van der Waals surface area contributed by atoms with Crippen molar-refractivity contribution in [2.24, 2.45) is 5.92 Å². The molecule has 2 aliphatic heterocycles. The molecule has 4 atom stereocenters. The molecule has 2 fully saturated rings. The number of hydrogen-bond donors (Lipinski definition) is 4. The lowest BCUT2D eigenvalue weighted by atomic mass is 10.0. The van der Waals surface area contributed by atoms with Gasteiger partial charge in [0.1, 0.15) is 18.1 Å². The molecule has 0 radical (unpaired) electrons. The molecule has 4 N–H and O–H groups in total. The van der Waals surface area contributed by atoms with Gasteiger partial charge in [0, 0.05) is 6.54 Å². The van der Waals surface area contributed by atoms with Gasteiger partial charge in [-0.3, -0.25) is 14.4 Å². The van der Waals surface area contributed by atoms with Crippen LogP contribution in [0.5, 0.6) is 0 Å². The van der Waals surface area contributed by atoms with E-state index in [1.807, 2.05) is 20.1 Å². The number of nitrogens with one attached hydrogen (secondary N) is 3. The third-order valence-corrected chi connectivity index (χ3v) is 6.41. The van der Waals surface area contributed by atoms with Crippen LogP contribution in [-0.2, 0) is 19.2 Å². The smallest absolute Gasteiger partial charge is 0.326 e. The maximum Gasteiger partial charge on any atom is 0.326 e. The Labute approximate surface area is 188 Å². The van der Waals surface area contributed by atoms with Crippen LogP contribution >= 0.6 is 11.8 Å². The van der Waals surface area contributed by atoms with Crippen LogP contribution in [0.25, 0.3) is 0 Å². The Bertz CT molecular complexity index is 654. The van der Waals surface area contributed by atoms with E-state index in [1.165, 1.54) is 4.90 Å². The average Bonchev–Trinajstić information content (AvgIpc) is 3.41. The molecule has 176 valence electrons. The van der Waals surface area contributed by atoms with Crippen LogP contribution in [0.1, 0.15) is 52.4 Å². The Morgan fingerprint density at radius 3 is 2.45 bits per heavy atom. The predicted molar refractivity (Wildman–Crippen MR) is 120 cm³/mol. The molecule has 2 aliphatic rings. The van der Waals surface area contributed by atoms with Gasteiger partial charge in [0.05, 0.1) is 6.04 Å². The van der Waals surface area contributed by atoms with Crippen LogP contribution < -0.4 is 16.0 Å². The van der Waals surface area contributed by atoms with Crippen LogP contribution in [0.2, 0.25) is 0 Å². The lowest BCUT2D eigenvalue weighted by molar-refractivity contribution is -0.149. The van der Waals surface area contributed by atoms with Crippen LogP contribution in [0, 0.1) is 5.92 Å². The summed E-state index contributed by atoms with van der Waals surface area (Å²) in [6.45, 7) is 5.10. The lowest BCUT2D eigenvalue weighted by Crippen LogP contribution is -2.57. The van der Waals surface area contributed by atoms with Crippen molar-refractivity contribution in [2.75, 3.05) is 25.1 Å². The minimum Gasteiger partial charge on any atom is -0.480 e. The van der Waals surface area contributed by atoms with E-state index >= 15 is 0 Å². The Balaban J connectivity index is 2.09. The van der Waals surface area contributed by atoms with Gasteiger partial charge < -0.3 is 26.0 Å². The highest BCUT2D eigenvalue weighted by Gasteiger charge is 2.38. The second-order valence-corrected chi connectivity index (χ2v) is 9.70. The number of thioether (sulfide) groups is 1. The van der Waals surface area contributed by atoms with Crippen molar-refractivity contribution in [1.29, 1.82) is 0 Å². The highest BCUT2D eigenvalue weighted by Crippen LogP contribution is 2.20. The maximum atomic E-state index is 13.1. The van der Waals surface area contributed by atoms with E-state index in [-0.39, 0.29) is 23.8 Å². The number of carbonyl (C=O) groups is 4. The minimum absolute atomic E-state index is 0.169. The van der Waals surface area contributed by atoms with Gasteiger partial charge in [0.25, 0.3) is 0 Å². The number of amides is 3. The van der Waals surface area contributed by atoms with E-state index in [2.05, 4.69) is 16.0 Å². The van der Waals surface area contributed by atoms with E-state index in [1.54, 1.807) is 11.8 Å². The molecule has 0 spiro atoms. The number of carbonyl (C=O) groups excluding carboxylic acids is 3. The molecule has 0 aliphatic carbocycles. The maximum absolute atomic E-state index is 13.1. The van der Waals surface area contributed by atoms with Gasteiger partial charge in [-0.2, -0.15) is 11.8 Å². The number of hydrogen-bond acceptors (Lipinski definition) is 6. The van der Waals surface area contributed by atoms with E-state index in [4.69, 9.17) is 0 Å². The van der Waals surface area contributed by atoms with Gasteiger partial charge >= 0.3 is 5.97 Å². The molecule has 0 aromatic carbocycles. The number of likely N-dealkylation sites (tertiary alicyclic amines) is 1. The molecular formula is C21H36N4O5S. The minimum atomic E-state index is -1.02. The van der Waals surface area contributed by atoms with Crippen LogP contribution in [0.15, 0.2) is 0 Å². The molecule has 4 unspecified atom stereocenters. The number of nitrogens with zero attached hydrogens (tertiary/aromatic N) is 1. The van der Waals surface area contributed by atoms with Crippen molar-refractivity contribution in [2.45, 2.75) is 76.5 Å². The SMILES string of the molecule is CSCCC(NC(=O)C(CC(C)C)NC(=O)C1CCCN1)C(=O)N1CCCC1C(=O)O. The summed E-state index contributed by atoms with van der Waals surface area (Å²) in [7, 11) is 0. The third-order valence-electron chi connectivity index (χ3n) is 5.76. The first-order chi connectivity index (χ1) is 14.7. The summed E-state index contributed by atoms with van der Waals surface area (Å²) in [5, 5.41) is 18.2. The molecule has 2 heterocycles. The molecule has 0 bridgehead atoms. The van der Waals surface area contributed by atoms with Crippen molar-refractivity contribution in [3.63, 3.8) is 0 Å². The Morgan fingerprint density at radius 2 is 1.87 bits per heavy atom. The van der Waals surface area contributed by atoms with E-state index in [0.717, 1.165) is 19.4 Å². The molecule has 0 aromatic heterocycles. The van der Waals surface area contributed by atoms with Crippen molar-refractivity contribution in [1.82, 2.24) is 20.9 Å². The van der Waals surface area contributed by atoms with Crippen LogP contribution in [0.3, 0.4) is 0 Å². The van der Waals surface area contributed by atoms with Crippen LogP contribution in [-0.4, -0.2) is 83.0 Å². The molecular weight excluding hydrogens is 420 g/mol. The molecule has 0 aromatic rings. The first kappa shape index (κ1) is 25.5. The van der Waals surface area contributed by atoms with Gasteiger partial charge in [-0.15, -0.1) is 0 Å². The van der Waals surface area contributed by atoms with Crippen molar-refractivity contribution >= 4 is 35.5 Å². The van der Waals surface area contributed by atoms with Crippen LogP contribution in [0.4, 0.5) is 0 Å². The van der Waals surface area contributed by atoms with Gasteiger partial charge in [-0.25, -0.2) is 4.79 Å². The highest BCUT2D eigenvalue weighted by molar-refractivity contribution is 7.98. The number of carboxylic acid groups (broad SMARTS) is 1. The monoisotopic (exact) mass is 456 g/mol. The normalized spacial score (nSPS) is 22.9. The first-order valence-corrected chi connectivity index (χ1v) is 12.5. The zero-order chi connectivity index (χ0) is 23.0. The quantitative estimate of drug-likeness (QED) is 0.358. The molecule has 9 nitrogen and oxygen atoms in total. The third kappa shape index (κ3) is 7.38. The molecule has 3 amide bonds. The molecule has 0 saturated carbocycles. The van der Waals surface area contributed by atoms with E-state index in [0.29, 0.717) is 38.0 Å². The first-order valence-electron chi connectivity index (χ1n) is 11.1. The van der Waals surface area contributed by atoms with Crippen molar-refractivity contribution in [3.05, 3.63) is 0 Å². The standard InChI is InChI=1S/C21H36N4O5S/c1-13(2)12-16(24-18(26)14-6-4-9-22-14)19(27)23-15(8-11-31-3)20(28)25-10-5-7-17(25)21(29)30/h13-17,22H,4-12H2,1-3H3,(H,23,27)(H,24,26)(H,29,30). The second-order valence-electron chi connectivity index (χ2n) is 8.71. The number of carboxylic acids is 1. The van der Waals surface area contributed by atoms with Gasteiger partial charge in [-0.05, 0) is 63.0 Å². The van der Waals surface area contributed by atoms with Gasteiger partial charge in [-0.1, -0.05) is 13.8 Å². The molecule has 31 heavy (non-hydrogen) atoms. The van der Waals surface area contributed by atoms with Gasteiger partial charge in [0.15, 0.2) is 0 Å². The zero-order valence-corrected chi connectivity index (χ0v) is 19.5. The summed E-state index contributed by atoms with van der Waals surface area (Å²) in [6.07, 6.45) is 5.48. The second kappa shape index (κ2) is 12.3. The fourth-order valence-electron chi connectivity index (χ4n) is 4.14.